The van der Waals surface area contributed by atoms with Crippen molar-refractivity contribution < 1.29 is 14.0 Å². The van der Waals surface area contributed by atoms with Crippen molar-refractivity contribution in [2.75, 3.05) is 26.2 Å². The molecule has 3 atom stereocenters. The van der Waals surface area contributed by atoms with Crippen molar-refractivity contribution in [1.29, 1.82) is 0 Å². The molecule has 0 N–H and O–H groups in total. The van der Waals surface area contributed by atoms with Gasteiger partial charge in [0.25, 0.3) is 5.91 Å². The number of fused-ring (bicyclic) bond motifs is 2. The maximum atomic E-state index is 12.9. The van der Waals surface area contributed by atoms with Crippen molar-refractivity contribution in [3.05, 3.63) is 24.2 Å². The zero-order chi connectivity index (χ0) is 15.8. The monoisotopic (exact) mass is 316 g/mol. The van der Waals surface area contributed by atoms with Gasteiger partial charge in [0, 0.05) is 32.1 Å². The predicted octanol–water partition coefficient (Wildman–Crippen LogP) is 2.39. The molecule has 0 radical (unpaired) electrons. The van der Waals surface area contributed by atoms with Crippen molar-refractivity contribution in [2.24, 2.45) is 17.8 Å². The first-order chi connectivity index (χ1) is 11.2. The maximum absolute atomic E-state index is 12.9. The van der Waals surface area contributed by atoms with E-state index < -0.39 is 0 Å². The van der Waals surface area contributed by atoms with E-state index in [2.05, 4.69) is 0 Å². The first-order valence-electron chi connectivity index (χ1n) is 8.82. The molecule has 2 amide bonds. The molecule has 0 spiro atoms. The van der Waals surface area contributed by atoms with E-state index in [0.717, 1.165) is 25.3 Å². The quantitative estimate of drug-likeness (QED) is 0.842. The highest BCUT2D eigenvalue weighted by Gasteiger charge is 2.44. The summed E-state index contributed by atoms with van der Waals surface area (Å²) in [6.45, 7) is 2.78. The van der Waals surface area contributed by atoms with Crippen molar-refractivity contribution in [1.82, 2.24) is 9.80 Å². The SMILES string of the molecule is O=C(c1ccoc1)N1CCCN(C(=O)[C@H]2C[C@H]3CC[C@H]2C3)CC1. The van der Waals surface area contributed by atoms with Crippen LogP contribution in [0, 0.1) is 17.8 Å². The Morgan fingerprint density at radius 2 is 1.87 bits per heavy atom. The highest BCUT2D eigenvalue weighted by Crippen LogP contribution is 2.48. The fourth-order valence-electron chi connectivity index (χ4n) is 4.69. The van der Waals surface area contributed by atoms with Crippen LogP contribution in [0.15, 0.2) is 23.0 Å². The van der Waals surface area contributed by atoms with Gasteiger partial charge in [0.1, 0.15) is 6.26 Å². The van der Waals surface area contributed by atoms with Gasteiger partial charge in [-0.2, -0.15) is 0 Å². The molecule has 0 aromatic carbocycles. The summed E-state index contributed by atoms with van der Waals surface area (Å²) in [6, 6.07) is 1.70. The zero-order valence-corrected chi connectivity index (χ0v) is 13.4. The van der Waals surface area contributed by atoms with Gasteiger partial charge in [-0.25, -0.2) is 0 Å². The van der Waals surface area contributed by atoms with Gasteiger partial charge < -0.3 is 14.2 Å². The molecule has 0 unspecified atom stereocenters. The highest BCUT2D eigenvalue weighted by molar-refractivity contribution is 5.93. The molecule has 1 saturated heterocycles. The summed E-state index contributed by atoms with van der Waals surface area (Å²) in [5.74, 6) is 2.02. The molecule has 1 aromatic rings. The molecule has 2 saturated carbocycles. The summed E-state index contributed by atoms with van der Waals surface area (Å²) in [4.78, 5) is 29.1. The van der Waals surface area contributed by atoms with E-state index in [1.807, 2.05) is 9.80 Å². The van der Waals surface area contributed by atoms with E-state index in [0.29, 0.717) is 37.0 Å². The Morgan fingerprint density at radius 1 is 1.04 bits per heavy atom. The second-order valence-electron chi connectivity index (χ2n) is 7.26. The smallest absolute Gasteiger partial charge is 0.257 e. The van der Waals surface area contributed by atoms with Crippen molar-refractivity contribution in [2.45, 2.75) is 32.1 Å². The van der Waals surface area contributed by atoms with E-state index >= 15 is 0 Å². The van der Waals surface area contributed by atoms with Crippen molar-refractivity contribution in [3.63, 3.8) is 0 Å². The molecule has 5 heteroatoms. The Bertz CT molecular complexity index is 583. The largest absolute Gasteiger partial charge is 0.472 e. The number of furan rings is 1. The third-order valence-electron chi connectivity index (χ3n) is 5.92. The third-order valence-corrected chi connectivity index (χ3v) is 5.92. The van der Waals surface area contributed by atoms with Crippen LogP contribution in [-0.2, 0) is 4.79 Å². The van der Waals surface area contributed by atoms with Crippen LogP contribution >= 0.6 is 0 Å². The number of nitrogens with zero attached hydrogens (tertiary/aromatic N) is 2. The number of hydrogen-bond donors (Lipinski definition) is 0. The molecule has 2 bridgehead atoms. The van der Waals surface area contributed by atoms with Gasteiger partial charge in [-0.1, -0.05) is 6.42 Å². The van der Waals surface area contributed by atoms with Gasteiger partial charge >= 0.3 is 0 Å². The van der Waals surface area contributed by atoms with Gasteiger partial charge in [0.2, 0.25) is 5.91 Å². The number of hydrogen-bond acceptors (Lipinski definition) is 3. The van der Waals surface area contributed by atoms with Gasteiger partial charge in [-0.3, -0.25) is 9.59 Å². The van der Waals surface area contributed by atoms with E-state index in [9.17, 15) is 9.59 Å². The maximum Gasteiger partial charge on any atom is 0.257 e. The number of amides is 2. The zero-order valence-electron chi connectivity index (χ0n) is 13.4. The lowest BCUT2D eigenvalue weighted by molar-refractivity contribution is -0.137. The fourth-order valence-corrected chi connectivity index (χ4v) is 4.69. The molecule has 3 aliphatic rings. The van der Waals surface area contributed by atoms with Crippen LogP contribution in [0.5, 0.6) is 0 Å². The van der Waals surface area contributed by atoms with Gasteiger partial charge in [-0.15, -0.1) is 0 Å². The summed E-state index contributed by atoms with van der Waals surface area (Å²) in [6.07, 6.45) is 8.78. The average Bonchev–Trinajstić information content (AvgIpc) is 3.28. The molecule has 5 nitrogen and oxygen atoms in total. The molecule has 3 fully saturated rings. The number of carbonyl (C=O) groups is 2. The van der Waals surface area contributed by atoms with Crippen LogP contribution < -0.4 is 0 Å². The van der Waals surface area contributed by atoms with Crippen LogP contribution in [0.1, 0.15) is 42.5 Å². The summed E-state index contributed by atoms with van der Waals surface area (Å²) in [5, 5.41) is 0. The summed E-state index contributed by atoms with van der Waals surface area (Å²) >= 11 is 0. The van der Waals surface area contributed by atoms with Crippen LogP contribution in [-0.4, -0.2) is 47.8 Å². The normalized spacial score (nSPS) is 30.5. The molecule has 2 heterocycles. The third kappa shape index (κ3) is 2.77. The Kier molecular flexibility index (Phi) is 3.87. The minimum Gasteiger partial charge on any atom is -0.472 e. The molecule has 1 aromatic heterocycles. The van der Waals surface area contributed by atoms with Crippen LogP contribution in [0.3, 0.4) is 0 Å². The van der Waals surface area contributed by atoms with Gasteiger partial charge in [0.05, 0.1) is 11.8 Å². The Hall–Kier alpha value is -1.78. The van der Waals surface area contributed by atoms with Crippen LogP contribution in [0.25, 0.3) is 0 Å². The molecule has 2 aliphatic carbocycles. The highest BCUT2D eigenvalue weighted by atomic mass is 16.3. The van der Waals surface area contributed by atoms with Gasteiger partial charge in [-0.05, 0) is 43.6 Å². The Balaban J connectivity index is 1.37. The van der Waals surface area contributed by atoms with E-state index in [1.54, 1.807) is 6.07 Å². The van der Waals surface area contributed by atoms with Crippen molar-refractivity contribution >= 4 is 11.8 Å². The number of rotatable bonds is 2. The summed E-state index contributed by atoms with van der Waals surface area (Å²) in [5.41, 5.74) is 0.595. The molecule has 124 valence electrons. The lowest BCUT2D eigenvalue weighted by Crippen LogP contribution is -2.41. The average molecular weight is 316 g/mol. The lowest BCUT2D eigenvalue weighted by atomic mass is 9.87. The fraction of sp³-hybridized carbons (Fsp3) is 0.667. The number of carbonyl (C=O) groups excluding carboxylic acids is 2. The lowest BCUT2D eigenvalue weighted by Gasteiger charge is -2.28. The molecule has 23 heavy (non-hydrogen) atoms. The van der Waals surface area contributed by atoms with E-state index in [4.69, 9.17) is 4.42 Å². The van der Waals surface area contributed by atoms with Crippen LogP contribution in [0.2, 0.25) is 0 Å². The molecular weight excluding hydrogens is 292 g/mol. The first kappa shape index (κ1) is 14.8. The first-order valence-corrected chi connectivity index (χ1v) is 8.82. The van der Waals surface area contributed by atoms with Crippen molar-refractivity contribution in [3.8, 4) is 0 Å². The van der Waals surface area contributed by atoms with E-state index in [-0.39, 0.29) is 11.8 Å². The van der Waals surface area contributed by atoms with Crippen LogP contribution in [0.4, 0.5) is 0 Å². The molecule has 4 rings (SSSR count). The second-order valence-corrected chi connectivity index (χ2v) is 7.26. The van der Waals surface area contributed by atoms with E-state index in [1.165, 1.54) is 31.8 Å². The Labute approximate surface area is 136 Å². The standard InChI is InChI=1S/C18H24N2O3/c21-17(15-4-9-23-12-15)19-5-1-6-20(8-7-19)18(22)16-11-13-2-3-14(16)10-13/h4,9,12-14,16H,1-3,5-8,10-11H2/t13-,14-,16-/m0/s1. The molecule has 1 aliphatic heterocycles. The Morgan fingerprint density at radius 3 is 2.57 bits per heavy atom. The topological polar surface area (TPSA) is 53.8 Å². The minimum absolute atomic E-state index is 0.00738. The summed E-state index contributed by atoms with van der Waals surface area (Å²) in [7, 11) is 0. The van der Waals surface area contributed by atoms with Gasteiger partial charge in [0.15, 0.2) is 0 Å². The predicted molar refractivity (Wildman–Crippen MR) is 84.7 cm³/mol. The second kappa shape index (κ2) is 6.02. The molecular formula is C18H24N2O3. The minimum atomic E-state index is 0.00738. The summed E-state index contributed by atoms with van der Waals surface area (Å²) < 4.78 is 5.00.